The summed E-state index contributed by atoms with van der Waals surface area (Å²) in [6.45, 7) is 0.0535. The molecule has 23 heavy (non-hydrogen) atoms. The molecule has 0 radical (unpaired) electrons. The van der Waals surface area contributed by atoms with Crippen molar-refractivity contribution in [3.8, 4) is 17.2 Å². The topological polar surface area (TPSA) is 96.9 Å². The third-order valence-corrected chi connectivity index (χ3v) is 3.23. The van der Waals surface area contributed by atoms with Gasteiger partial charge in [0.25, 0.3) is 11.8 Å². The van der Waals surface area contributed by atoms with Gasteiger partial charge < -0.3 is 14.6 Å². The Kier molecular flexibility index (Phi) is 4.01. The van der Waals surface area contributed by atoms with Crippen molar-refractivity contribution in [1.29, 1.82) is 0 Å². The monoisotopic (exact) mass is 314 g/mol. The molecule has 2 amide bonds. The van der Waals surface area contributed by atoms with Crippen LogP contribution in [0.2, 0.25) is 0 Å². The second-order valence-electron chi connectivity index (χ2n) is 4.85. The van der Waals surface area contributed by atoms with Gasteiger partial charge in [-0.3, -0.25) is 20.4 Å². The van der Waals surface area contributed by atoms with Gasteiger partial charge in [0.1, 0.15) is 12.4 Å². The van der Waals surface area contributed by atoms with E-state index in [2.05, 4.69) is 10.9 Å². The molecule has 2 aromatic rings. The van der Waals surface area contributed by atoms with Gasteiger partial charge in [-0.2, -0.15) is 0 Å². The van der Waals surface area contributed by atoms with Crippen molar-refractivity contribution < 1.29 is 24.2 Å². The average molecular weight is 314 g/mol. The van der Waals surface area contributed by atoms with Crippen molar-refractivity contribution in [3.05, 3.63) is 54.1 Å². The number of para-hydroxylation sites is 2. The number of phenols is 1. The number of hydrogen-bond acceptors (Lipinski definition) is 5. The summed E-state index contributed by atoms with van der Waals surface area (Å²) in [5.41, 5.74) is 4.87. The van der Waals surface area contributed by atoms with Crippen molar-refractivity contribution in [2.45, 2.75) is 6.10 Å². The fraction of sp³-hybridized carbons (Fsp3) is 0.125. The van der Waals surface area contributed by atoms with Crippen LogP contribution in [0.4, 0.5) is 0 Å². The number of benzene rings is 2. The molecule has 0 fully saturated rings. The molecule has 1 aliphatic heterocycles. The van der Waals surface area contributed by atoms with Gasteiger partial charge in [-0.1, -0.05) is 12.1 Å². The molecular weight excluding hydrogens is 300 g/mol. The third-order valence-electron chi connectivity index (χ3n) is 3.23. The van der Waals surface area contributed by atoms with Gasteiger partial charge in [-0.25, -0.2) is 0 Å². The number of ether oxygens (including phenoxy) is 2. The highest BCUT2D eigenvalue weighted by Crippen LogP contribution is 2.30. The molecule has 0 saturated carbocycles. The number of hydrogen-bond donors (Lipinski definition) is 3. The first kappa shape index (κ1) is 14.7. The van der Waals surface area contributed by atoms with Crippen molar-refractivity contribution in [3.63, 3.8) is 0 Å². The summed E-state index contributed by atoms with van der Waals surface area (Å²) in [6, 6.07) is 12.7. The van der Waals surface area contributed by atoms with Crippen LogP contribution in [0, 0.1) is 0 Å². The van der Waals surface area contributed by atoms with E-state index in [0.29, 0.717) is 17.1 Å². The molecule has 3 rings (SSSR count). The minimum atomic E-state index is -0.856. The molecule has 0 unspecified atom stereocenters. The minimum absolute atomic E-state index is 0.0528. The Morgan fingerprint density at radius 3 is 2.43 bits per heavy atom. The van der Waals surface area contributed by atoms with Crippen LogP contribution in [0.1, 0.15) is 10.4 Å². The van der Waals surface area contributed by atoms with Crippen LogP contribution in [-0.2, 0) is 4.79 Å². The molecule has 7 heteroatoms. The number of carbonyl (C=O) groups excluding carboxylic acids is 2. The van der Waals surface area contributed by atoms with E-state index >= 15 is 0 Å². The fourth-order valence-electron chi connectivity index (χ4n) is 2.03. The van der Waals surface area contributed by atoms with E-state index in [1.165, 1.54) is 24.3 Å². The smallest absolute Gasteiger partial charge is 0.283 e. The molecule has 0 aliphatic carbocycles. The van der Waals surface area contributed by atoms with Gasteiger partial charge in [-0.05, 0) is 36.4 Å². The van der Waals surface area contributed by atoms with Crippen molar-refractivity contribution in [2.24, 2.45) is 0 Å². The van der Waals surface area contributed by atoms with Crippen LogP contribution < -0.4 is 20.3 Å². The molecule has 1 atom stereocenters. The Bertz CT molecular complexity index is 730. The molecule has 0 bridgehead atoms. The number of carbonyl (C=O) groups is 2. The summed E-state index contributed by atoms with van der Waals surface area (Å²) in [4.78, 5) is 23.9. The molecule has 7 nitrogen and oxygen atoms in total. The van der Waals surface area contributed by atoms with Crippen LogP contribution in [0.3, 0.4) is 0 Å². The lowest BCUT2D eigenvalue weighted by molar-refractivity contribution is -0.131. The standard InChI is InChI=1S/C16H14N2O5/c19-11-7-5-10(6-8-11)15(20)17-18-16(21)14-9-22-12-3-1-2-4-13(12)23-14/h1-8,14,19H,9H2,(H,17,20)(H,18,21)/t14-/m1/s1. The Labute approximate surface area is 131 Å². The second kappa shape index (κ2) is 6.27. The van der Waals surface area contributed by atoms with E-state index in [1.807, 2.05) is 0 Å². The predicted octanol–water partition coefficient (Wildman–Crippen LogP) is 0.993. The van der Waals surface area contributed by atoms with E-state index < -0.39 is 17.9 Å². The second-order valence-corrected chi connectivity index (χ2v) is 4.85. The van der Waals surface area contributed by atoms with Crippen LogP contribution >= 0.6 is 0 Å². The van der Waals surface area contributed by atoms with Crippen LogP contribution in [0.5, 0.6) is 17.2 Å². The van der Waals surface area contributed by atoms with Crippen LogP contribution in [0.25, 0.3) is 0 Å². The number of amides is 2. The maximum atomic E-state index is 12.0. The quantitative estimate of drug-likeness (QED) is 0.718. The zero-order valence-corrected chi connectivity index (χ0v) is 12.0. The summed E-state index contributed by atoms with van der Waals surface area (Å²) >= 11 is 0. The summed E-state index contributed by atoms with van der Waals surface area (Å²) < 4.78 is 11.0. The van der Waals surface area contributed by atoms with Gasteiger partial charge in [0.15, 0.2) is 11.5 Å². The number of hydrazine groups is 1. The highest BCUT2D eigenvalue weighted by atomic mass is 16.6. The summed E-state index contributed by atoms with van der Waals surface area (Å²) in [6.07, 6.45) is -0.856. The van der Waals surface area contributed by atoms with Crippen molar-refractivity contribution in [1.82, 2.24) is 10.9 Å². The first-order chi connectivity index (χ1) is 11.1. The van der Waals surface area contributed by atoms with Crippen LogP contribution in [0.15, 0.2) is 48.5 Å². The lowest BCUT2D eigenvalue weighted by atomic mass is 10.2. The highest BCUT2D eigenvalue weighted by molar-refractivity contribution is 5.95. The SMILES string of the molecule is O=C(NNC(=O)[C@H]1COc2ccccc2O1)c1ccc(O)cc1. The van der Waals surface area contributed by atoms with Gasteiger partial charge in [0.2, 0.25) is 6.10 Å². The maximum absolute atomic E-state index is 12.0. The van der Waals surface area contributed by atoms with Crippen LogP contribution in [-0.4, -0.2) is 29.6 Å². The zero-order chi connectivity index (χ0) is 16.2. The molecule has 1 aliphatic rings. The Balaban J connectivity index is 1.56. The summed E-state index contributed by atoms with van der Waals surface area (Å²) in [5, 5.41) is 9.18. The van der Waals surface area contributed by atoms with Gasteiger partial charge in [-0.15, -0.1) is 0 Å². The Morgan fingerprint density at radius 1 is 1.00 bits per heavy atom. The van der Waals surface area contributed by atoms with Gasteiger partial charge in [0.05, 0.1) is 0 Å². The molecular formula is C16H14N2O5. The molecule has 2 aromatic carbocycles. The summed E-state index contributed by atoms with van der Waals surface area (Å²) in [7, 11) is 0. The third kappa shape index (κ3) is 3.34. The number of phenolic OH excluding ortho intramolecular Hbond substituents is 1. The van der Waals surface area contributed by atoms with Gasteiger partial charge >= 0.3 is 0 Å². The average Bonchev–Trinajstić information content (AvgIpc) is 2.59. The number of nitrogens with one attached hydrogen (secondary N) is 2. The van der Waals surface area contributed by atoms with E-state index in [0.717, 1.165) is 0 Å². The van der Waals surface area contributed by atoms with Crippen molar-refractivity contribution in [2.75, 3.05) is 6.61 Å². The Hall–Kier alpha value is -3.22. The lowest BCUT2D eigenvalue weighted by Crippen LogP contribution is -2.50. The number of rotatable bonds is 2. The zero-order valence-electron chi connectivity index (χ0n) is 12.0. The largest absolute Gasteiger partial charge is 0.508 e. The fourth-order valence-corrected chi connectivity index (χ4v) is 2.03. The predicted molar refractivity (Wildman–Crippen MR) is 80.1 cm³/mol. The lowest BCUT2D eigenvalue weighted by Gasteiger charge is -2.25. The summed E-state index contributed by atoms with van der Waals surface area (Å²) in [5.74, 6) is 0.0764. The molecule has 0 aromatic heterocycles. The van der Waals surface area contributed by atoms with E-state index in [9.17, 15) is 14.7 Å². The number of fused-ring (bicyclic) bond motifs is 1. The molecule has 3 N–H and O–H groups in total. The first-order valence-electron chi connectivity index (χ1n) is 6.91. The molecule has 118 valence electrons. The van der Waals surface area contributed by atoms with Gasteiger partial charge in [0, 0.05) is 5.56 Å². The molecule has 0 spiro atoms. The first-order valence-corrected chi connectivity index (χ1v) is 6.91. The highest BCUT2D eigenvalue weighted by Gasteiger charge is 2.27. The van der Waals surface area contributed by atoms with E-state index in [-0.39, 0.29) is 12.4 Å². The van der Waals surface area contributed by atoms with Crippen molar-refractivity contribution >= 4 is 11.8 Å². The maximum Gasteiger partial charge on any atom is 0.283 e. The normalized spacial score (nSPS) is 15.6. The van der Waals surface area contributed by atoms with E-state index in [4.69, 9.17) is 9.47 Å². The Morgan fingerprint density at radius 2 is 1.70 bits per heavy atom. The minimum Gasteiger partial charge on any atom is -0.508 e. The number of aromatic hydroxyl groups is 1. The van der Waals surface area contributed by atoms with E-state index in [1.54, 1.807) is 24.3 Å². The molecule has 1 heterocycles. The molecule has 0 saturated heterocycles.